The third kappa shape index (κ3) is 8.09. The first-order chi connectivity index (χ1) is 20.0. The van der Waals surface area contributed by atoms with Gasteiger partial charge in [-0.2, -0.15) is 13.2 Å². The van der Waals surface area contributed by atoms with Crippen LogP contribution in [-0.2, 0) is 19.3 Å². The van der Waals surface area contributed by atoms with Gasteiger partial charge in [0.15, 0.2) is 11.5 Å². The van der Waals surface area contributed by atoms with Gasteiger partial charge in [0.1, 0.15) is 13.1 Å². The molecule has 0 aliphatic carbocycles. The number of halogens is 4. The number of phenols is 1. The number of ether oxygens (including phenoxy) is 1. The molecule has 0 fully saturated rings. The Morgan fingerprint density at radius 2 is 1.35 bits per heavy atom. The zero-order valence-electron chi connectivity index (χ0n) is 22.6. The van der Waals surface area contributed by atoms with Crippen molar-refractivity contribution in [3.63, 3.8) is 0 Å². The van der Waals surface area contributed by atoms with Crippen LogP contribution in [-0.4, -0.2) is 34.4 Å². The lowest BCUT2D eigenvalue weighted by molar-refractivity contribution is -0.686. The number of anilines is 4. The van der Waals surface area contributed by atoms with Crippen LogP contribution in [0.5, 0.6) is 11.5 Å². The maximum atomic E-state index is 13.6. The summed E-state index contributed by atoms with van der Waals surface area (Å²) in [4.78, 5) is 23.8. The molecule has 43 heavy (non-hydrogen) atoms. The van der Waals surface area contributed by atoms with Crippen LogP contribution in [0.3, 0.4) is 0 Å². The fourth-order valence-corrected chi connectivity index (χ4v) is 4.26. The number of hydrogen-bond acceptors (Lipinski definition) is 6. The highest BCUT2D eigenvalue weighted by Crippen LogP contribution is 2.37. The van der Waals surface area contributed by atoms with E-state index in [1.54, 1.807) is 24.3 Å². The van der Waals surface area contributed by atoms with Crippen molar-refractivity contribution in [2.45, 2.75) is 19.3 Å². The van der Waals surface area contributed by atoms with Crippen molar-refractivity contribution in [3.8, 4) is 11.5 Å². The fraction of sp³-hybridized carbons (Fsp3) is 0.133. The number of carboxylic acid groups (broad SMARTS) is 2. The standard InChI is InChI=1S/C30H26F3N3O6.ClH/c1-42-27-13-18(7-11-26(27)37)16-34-15-17-6-9-23(21(12-17)29(40)41)36-25-14-19(30(31,32)33)8-10-24(25)35-22-5-3-2-4-20(22)28(38)39;/h2-14,34-37H,15-16H2,1H3,(H,38,39)(H,40,41);1H. The van der Waals surface area contributed by atoms with Gasteiger partial charge in [0.25, 0.3) is 0 Å². The first-order valence-corrected chi connectivity index (χ1v) is 12.6. The summed E-state index contributed by atoms with van der Waals surface area (Å²) >= 11 is 0. The second-order valence-electron chi connectivity index (χ2n) is 9.25. The number of hydrogen-bond donors (Lipinski definition) is 6. The number of methoxy groups -OCH3 is 1. The number of quaternary nitrogens is 1. The lowest BCUT2D eigenvalue weighted by atomic mass is 10.1. The number of rotatable bonds is 11. The van der Waals surface area contributed by atoms with E-state index in [0.717, 1.165) is 23.8 Å². The molecular weight excluding hydrogens is 591 g/mol. The van der Waals surface area contributed by atoms with E-state index in [4.69, 9.17) is 4.74 Å². The van der Waals surface area contributed by atoms with Crippen LogP contribution in [0, 0.1) is 0 Å². The van der Waals surface area contributed by atoms with Gasteiger partial charge in [-0.15, -0.1) is 0 Å². The van der Waals surface area contributed by atoms with E-state index in [0.29, 0.717) is 24.4 Å². The molecule has 0 bridgehead atoms. The minimum Gasteiger partial charge on any atom is -1.00 e. The van der Waals surface area contributed by atoms with E-state index < -0.39 is 23.7 Å². The second-order valence-corrected chi connectivity index (χ2v) is 9.25. The van der Waals surface area contributed by atoms with Crippen molar-refractivity contribution in [1.29, 1.82) is 0 Å². The molecule has 9 nitrogen and oxygen atoms in total. The summed E-state index contributed by atoms with van der Waals surface area (Å²) in [5, 5.41) is 36.7. The van der Waals surface area contributed by atoms with Gasteiger partial charge in [-0.1, -0.05) is 18.2 Å². The van der Waals surface area contributed by atoms with E-state index in [1.807, 2.05) is 5.32 Å². The number of aromatic hydroxyl groups is 1. The van der Waals surface area contributed by atoms with E-state index in [2.05, 4.69) is 10.6 Å². The van der Waals surface area contributed by atoms with Crippen LogP contribution in [0.2, 0.25) is 0 Å². The minimum absolute atomic E-state index is 0. The predicted molar refractivity (Wildman–Crippen MR) is 149 cm³/mol. The number of nitrogens with one attached hydrogen (secondary N) is 2. The van der Waals surface area contributed by atoms with Gasteiger partial charge in [-0.05, 0) is 60.7 Å². The van der Waals surface area contributed by atoms with E-state index in [9.17, 15) is 38.1 Å². The molecule has 0 unspecified atom stereocenters. The topological polar surface area (TPSA) is 145 Å². The van der Waals surface area contributed by atoms with Crippen LogP contribution in [0.15, 0.2) is 78.9 Å². The number of alkyl halides is 3. The van der Waals surface area contributed by atoms with Gasteiger partial charge in [-0.25, -0.2) is 9.59 Å². The molecule has 226 valence electrons. The largest absolute Gasteiger partial charge is 1.00 e. The molecule has 0 aromatic heterocycles. The normalized spacial score (nSPS) is 10.9. The quantitative estimate of drug-likeness (QED) is 0.151. The van der Waals surface area contributed by atoms with Crippen LogP contribution in [0.4, 0.5) is 35.9 Å². The summed E-state index contributed by atoms with van der Waals surface area (Å²) in [6.07, 6.45) is -4.68. The number of phenolic OH excluding ortho intramolecular Hbond substituents is 1. The predicted octanol–water partition coefficient (Wildman–Crippen LogP) is 2.57. The summed E-state index contributed by atoms with van der Waals surface area (Å²) in [5.41, 5.74) is 0.477. The van der Waals surface area contributed by atoms with Crippen molar-refractivity contribution in [2.24, 2.45) is 0 Å². The summed E-state index contributed by atoms with van der Waals surface area (Å²) in [6.45, 7) is 0.905. The van der Waals surface area contributed by atoms with Crippen LogP contribution in [0.25, 0.3) is 0 Å². The Hall–Kier alpha value is -4.94. The number of nitrogens with two attached hydrogens (primary N) is 1. The van der Waals surface area contributed by atoms with Gasteiger partial charge in [0.2, 0.25) is 0 Å². The van der Waals surface area contributed by atoms with Crippen LogP contribution < -0.4 is 33.1 Å². The third-order valence-corrected chi connectivity index (χ3v) is 6.36. The molecular formula is C30H27ClF3N3O6. The van der Waals surface area contributed by atoms with Gasteiger partial charge >= 0.3 is 18.1 Å². The molecule has 0 saturated carbocycles. The second kappa shape index (κ2) is 13.8. The molecule has 0 radical (unpaired) electrons. The monoisotopic (exact) mass is 617 g/mol. The molecule has 7 N–H and O–H groups in total. The number of carboxylic acids is 2. The van der Waals surface area contributed by atoms with Crippen molar-refractivity contribution in [2.75, 3.05) is 17.7 Å². The van der Waals surface area contributed by atoms with Gasteiger partial charge < -0.3 is 48.4 Å². The lowest BCUT2D eigenvalue weighted by Gasteiger charge is -2.19. The molecule has 0 atom stereocenters. The Balaban J connectivity index is 0.00000506. The number of carbonyl (C=O) groups is 2. The van der Waals surface area contributed by atoms with Crippen molar-refractivity contribution in [3.05, 3.63) is 107 Å². The summed E-state index contributed by atoms with van der Waals surface area (Å²) in [6, 6.07) is 18.2. The molecule has 0 heterocycles. The highest BCUT2D eigenvalue weighted by atomic mass is 35.5. The Bertz CT molecular complexity index is 1630. The smallest absolute Gasteiger partial charge is 0.416 e. The van der Waals surface area contributed by atoms with E-state index in [1.165, 1.54) is 43.5 Å². The Morgan fingerprint density at radius 1 is 0.767 bits per heavy atom. The summed E-state index contributed by atoms with van der Waals surface area (Å²) in [5.74, 6) is -2.18. The van der Waals surface area contributed by atoms with Gasteiger partial charge in [0, 0.05) is 11.1 Å². The zero-order chi connectivity index (χ0) is 30.4. The molecule has 0 spiro atoms. The van der Waals surface area contributed by atoms with Crippen LogP contribution >= 0.6 is 0 Å². The zero-order valence-corrected chi connectivity index (χ0v) is 23.3. The molecule has 0 aliphatic rings. The molecule has 0 saturated heterocycles. The minimum atomic E-state index is -4.68. The average Bonchev–Trinajstić information content (AvgIpc) is 2.95. The average molecular weight is 618 g/mol. The molecule has 13 heteroatoms. The maximum absolute atomic E-state index is 13.6. The fourth-order valence-electron chi connectivity index (χ4n) is 4.26. The van der Waals surface area contributed by atoms with Gasteiger partial charge in [0.05, 0.1) is 46.5 Å². The maximum Gasteiger partial charge on any atom is 0.416 e. The highest BCUT2D eigenvalue weighted by molar-refractivity contribution is 5.98. The number of para-hydroxylation sites is 1. The first kappa shape index (κ1) is 32.6. The number of aromatic carboxylic acids is 2. The summed E-state index contributed by atoms with van der Waals surface area (Å²) in [7, 11) is 1.44. The first-order valence-electron chi connectivity index (χ1n) is 12.6. The molecule has 4 aromatic carbocycles. The van der Waals surface area contributed by atoms with Crippen LogP contribution in [0.1, 0.15) is 37.4 Å². The number of benzene rings is 4. The van der Waals surface area contributed by atoms with E-state index in [-0.39, 0.29) is 52.0 Å². The Labute approximate surface area is 250 Å². The molecule has 4 rings (SSSR count). The Kier molecular flexibility index (Phi) is 10.5. The van der Waals surface area contributed by atoms with E-state index >= 15 is 0 Å². The third-order valence-electron chi connectivity index (χ3n) is 6.36. The summed E-state index contributed by atoms with van der Waals surface area (Å²) < 4.78 is 45.8. The molecule has 4 aromatic rings. The molecule has 0 aliphatic heterocycles. The van der Waals surface area contributed by atoms with Crippen molar-refractivity contribution in [1.82, 2.24) is 0 Å². The Morgan fingerprint density at radius 3 is 2.00 bits per heavy atom. The van der Waals surface area contributed by atoms with Crippen molar-refractivity contribution < 1.29 is 60.5 Å². The highest BCUT2D eigenvalue weighted by Gasteiger charge is 2.31. The molecule has 0 amide bonds. The lowest BCUT2D eigenvalue weighted by Crippen LogP contribution is -3.00. The van der Waals surface area contributed by atoms with Gasteiger partial charge in [-0.3, -0.25) is 0 Å². The van der Waals surface area contributed by atoms with Crippen molar-refractivity contribution >= 4 is 34.7 Å². The SMILES string of the molecule is COc1cc(C[NH2+]Cc2ccc(Nc3cc(C(F)(F)F)ccc3Nc3ccccc3C(=O)O)c(C(=O)O)c2)ccc1O.[Cl-].